The first-order valence-corrected chi connectivity index (χ1v) is 21.5. The van der Waals surface area contributed by atoms with Gasteiger partial charge in [-0.15, -0.1) is 0 Å². The Morgan fingerprint density at radius 2 is 0.745 bits per heavy atom. The van der Waals surface area contributed by atoms with Crippen LogP contribution >= 0.6 is 0 Å². The first kappa shape index (κ1) is 37.4. The molecule has 2 saturated heterocycles. The van der Waals surface area contributed by atoms with E-state index < -0.39 is 44.2 Å². The van der Waals surface area contributed by atoms with Crippen molar-refractivity contribution >= 4 is 42.8 Å². The van der Waals surface area contributed by atoms with Gasteiger partial charge >= 0.3 is 13.8 Å². The van der Waals surface area contributed by atoms with Crippen molar-refractivity contribution in [3.8, 4) is 33.4 Å². The molecule has 0 N–H and O–H groups in total. The van der Waals surface area contributed by atoms with Gasteiger partial charge in [-0.2, -0.15) is 0 Å². The molecule has 0 radical (unpaired) electrons. The van der Waals surface area contributed by atoms with Crippen LogP contribution in [0.25, 0.3) is 33.4 Å². The second-order valence-electron chi connectivity index (χ2n) is 17.0. The van der Waals surface area contributed by atoms with E-state index >= 15 is 0 Å². The van der Waals surface area contributed by atoms with Crippen LogP contribution in [0, 0.1) is 0 Å². The predicted octanol–water partition coefficient (Wildman–Crippen LogP) is 8.63. The molecule has 0 unspecified atom stereocenters. The minimum absolute atomic E-state index is 0.585. The van der Waals surface area contributed by atoms with Crippen molar-refractivity contribution in [2.45, 2.75) is 77.8 Å². The van der Waals surface area contributed by atoms with Crippen LogP contribution in [0.4, 0.5) is 0 Å². The van der Waals surface area contributed by atoms with E-state index in [1.165, 1.54) is 10.4 Å². The Morgan fingerprint density at radius 3 is 1.16 bits per heavy atom. The van der Waals surface area contributed by atoms with E-state index in [1.807, 2.05) is 0 Å². The van der Waals surface area contributed by atoms with Gasteiger partial charge in [-0.1, -0.05) is 168 Å². The lowest BCUT2D eigenvalue weighted by atomic mass is 9.70. The van der Waals surface area contributed by atoms with Crippen LogP contribution in [0.2, 0.25) is 0 Å². The van der Waals surface area contributed by atoms with E-state index in [1.54, 1.807) is 0 Å². The normalized spacial score (nSPS) is 18.4. The van der Waals surface area contributed by atoms with E-state index in [4.69, 9.17) is 18.6 Å². The molecule has 7 heteroatoms. The monoisotopic (exact) mass is 740 g/mol. The van der Waals surface area contributed by atoms with E-state index in [9.17, 15) is 0 Å². The number of hydrogen-bond donors (Lipinski definition) is 0. The van der Waals surface area contributed by atoms with Crippen molar-refractivity contribution in [3.05, 3.63) is 158 Å². The summed E-state index contributed by atoms with van der Waals surface area (Å²) >= 11 is 0. The summed E-state index contributed by atoms with van der Waals surface area (Å²) in [4.78, 5) is 0. The fraction of sp³-hybridized carbons (Fsp3) is 0.250. The molecule has 2 heterocycles. The highest BCUT2D eigenvalue weighted by Gasteiger charge is 2.65. The minimum atomic E-state index is -3.43. The summed E-state index contributed by atoms with van der Waals surface area (Å²) < 4.78 is 29.2. The third-order valence-corrected chi connectivity index (χ3v) is 17.3. The fourth-order valence-corrected chi connectivity index (χ4v) is 13.4. The molecule has 0 aromatic heterocycles. The van der Waals surface area contributed by atoms with E-state index in [-0.39, 0.29) is 0 Å². The number of benzene rings is 6. The van der Waals surface area contributed by atoms with Gasteiger partial charge in [0.25, 0.3) is 0 Å². The van der Waals surface area contributed by atoms with Gasteiger partial charge in [0.05, 0.1) is 22.4 Å². The van der Waals surface area contributed by atoms with Crippen molar-refractivity contribution in [1.82, 2.24) is 0 Å². The van der Waals surface area contributed by atoms with Crippen LogP contribution in [0.5, 0.6) is 0 Å². The molecule has 8 rings (SSSR count). The Kier molecular flexibility index (Phi) is 9.47. The molecule has 0 amide bonds. The van der Waals surface area contributed by atoms with Crippen molar-refractivity contribution in [3.63, 3.8) is 0 Å². The summed E-state index contributed by atoms with van der Waals surface area (Å²) in [6, 6.07) is 56.6. The predicted molar refractivity (Wildman–Crippen MR) is 232 cm³/mol. The summed E-state index contributed by atoms with van der Waals surface area (Å²) in [7, 11) is -4.13. The zero-order valence-corrected chi connectivity index (χ0v) is 34.3. The third kappa shape index (κ3) is 6.27. The molecule has 0 atom stereocenters. The van der Waals surface area contributed by atoms with Gasteiger partial charge in [-0.3, -0.25) is 0 Å². The highest BCUT2D eigenvalue weighted by molar-refractivity contribution is 7.47. The average molecular weight is 741 g/mol. The molecule has 0 saturated carbocycles. The second kappa shape index (κ2) is 13.9. The standard InChI is InChI=1S/C48H50B2O4Si/c1-45(2)46(3,4)52-49(51-45)44-41(55(38-30-20-12-21-31-38,39-32-22-13-23-33-39)50-53-47(5,6)48(7,8)54-50)34-40(35-24-14-9-15-25-35)42(36-26-16-10-17-27-36)43(44)37-28-18-11-19-29-37/h9-34H,1-8H3. The maximum absolute atomic E-state index is 7.36. The Bertz CT molecular complexity index is 2210. The van der Waals surface area contributed by atoms with Gasteiger partial charge in [-0.05, 0) is 99.4 Å². The Hall–Kier alpha value is -4.49. The van der Waals surface area contributed by atoms with Gasteiger partial charge < -0.3 is 18.6 Å². The molecular weight excluding hydrogens is 690 g/mol. The molecule has 2 fully saturated rings. The Balaban J connectivity index is 1.64. The number of rotatable bonds is 8. The quantitative estimate of drug-likeness (QED) is 0.116. The van der Waals surface area contributed by atoms with Crippen LogP contribution in [-0.2, 0) is 18.6 Å². The van der Waals surface area contributed by atoms with E-state index in [0.29, 0.717) is 0 Å². The van der Waals surface area contributed by atoms with Crippen molar-refractivity contribution < 1.29 is 18.6 Å². The van der Waals surface area contributed by atoms with Crippen molar-refractivity contribution in [2.75, 3.05) is 0 Å². The van der Waals surface area contributed by atoms with Crippen molar-refractivity contribution in [1.29, 1.82) is 0 Å². The zero-order chi connectivity index (χ0) is 38.6. The third-order valence-electron chi connectivity index (χ3n) is 12.6. The topological polar surface area (TPSA) is 36.9 Å². The highest BCUT2D eigenvalue weighted by atomic mass is 28.3. The van der Waals surface area contributed by atoms with Crippen LogP contribution in [-0.4, -0.2) is 44.2 Å². The molecule has 2 aliphatic heterocycles. The minimum Gasteiger partial charge on any atom is -0.405 e. The number of hydrogen-bond acceptors (Lipinski definition) is 4. The summed E-state index contributed by atoms with van der Waals surface area (Å²) in [5.74, 6) is 0. The fourth-order valence-electron chi connectivity index (χ4n) is 8.18. The lowest BCUT2D eigenvalue weighted by molar-refractivity contribution is 0.00578. The van der Waals surface area contributed by atoms with Gasteiger partial charge in [0.1, 0.15) is 0 Å². The molecular formula is C48H50B2O4Si. The second-order valence-corrected chi connectivity index (χ2v) is 20.7. The largest absolute Gasteiger partial charge is 0.495 e. The highest BCUT2D eigenvalue weighted by Crippen LogP contribution is 2.44. The van der Waals surface area contributed by atoms with E-state index in [0.717, 1.165) is 44.0 Å². The molecule has 276 valence electrons. The maximum atomic E-state index is 7.36. The summed E-state index contributed by atoms with van der Waals surface area (Å²) in [6.45, 7) is 16.6. The smallest absolute Gasteiger partial charge is 0.405 e. The molecule has 55 heavy (non-hydrogen) atoms. The lowest BCUT2D eigenvalue weighted by Crippen LogP contribution is -2.80. The van der Waals surface area contributed by atoms with Crippen molar-refractivity contribution in [2.24, 2.45) is 0 Å². The average Bonchev–Trinajstić information content (AvgIpc) is 3.55. The molecule has 4 nitrogen and oxygen atoms in total. The molecule has 6 aromatic carbocycles. The van der Waals surface area contributed by atoms with Gasteiger partial charge in [-0.25, -0.2) is 0 Å². The van der Waals surface area contributed by atoms with Crippen LogP contribution in [0.3, 0.4) is 0 Å². The molecule has 0 aliphatic carbocycles. The Labute approximate surface area is 329 Å². The molecule has 6 aromatic rings. The zero-order valence-electron chi connectivity index (χ0n) is 33.3. The summed E-state index contributed by atoms with van der Waals surface area (Å²) in [5.41, 5.74) is 5.32. The lowest BCUT2D eigenvalue weighted by Gasteiger charge is -2.39. The van der Waals surface area contributed by atoms with Crippen LogP contribution in [0.1, 0.15) is 55.4 Å². The SMILES string of the molecule is CC1(C)OB(c2c([Si](B3OC(C)(C)C(C)(C)O3)(c3ccccc3)c3ccccc3)cc(-c3ccccc3)c(-c3ccccc3)c2-c2ccccc2)OC1(C)C. The molecule has 2 aliphatic rings. The summed E-state index contributed by atoms with van der Waals surface area (Å²) in [6.07, 6.45) is 0. The van der Waals surface area contributed by atoms with E-state index in [2.05, 4.69) is 213 Å². The first-order chi connectivity index (χ1) is 26.3. The van der Waals surface area contributed by atoms with Gasteiger partial charge in [0.15, 0.2) is 7.94 Å². The van der Waals surface area contributed by atoms with Gasteiger partial charge in [0, 0.05) is 0 Å². The summed E-state index contributed by atoms with van der Waals surface area (Å²) in [5, 5.41) is 3.50. The first-order valence-electron chi connectivity index (χ1n) is 19.5. The van der Waals surface area contributed by atoms with Gasteiger partial charge in [0.2, 0.25) is 0 Å². The molecule has 0 spiro atoms. The van der Waals surface area contributed by atoms with Crippen LogP contribution in [0.15, 0.2) is 158 Å². The molecule has 0 bridgehead atoms. The Morgan fingerprint density at radius 1 is 0.400 bits per heavy atom. The van der Waals surface area contributed by atoms with Crippen LogP contribution < -0.4 is 21.0 Å². The maximum Gasteiger partial charge on any atom is 0.495 e.